The van der Waals surface area contributed by atoms with Gasteiger partial charge < -0.3 is 15.0 Å². The summed E-state index contributed by atoms with van der Waals surface area (Å²) in [5, 5.41) is 2.80. The number of hydrogen-bond donors (Lipinski definition) is 1. The second kappa shape index (κ2) is 7.55. The van der Waals surface area contributed by atoms with Crippen LogP contribution < -0.4 is 10.1 Å². The fraction of sp³-hybridized carbons (Fsp3) is 0.500. The number of alkyl halides is 3. The second-order valence-electron chi connectivity index (χ2n) is 5.62. The van der Waals surface area contributed by atoms with Crippen LogP contribution in [0, 0.1) is 0 Å². The Labute approximate surface area is 137 Å². The van der Waals surface area contributed by atoms with Crippen molar-refractivity contribution in [2.75, 3.05) is 20.2 Å². The number of para-hydroxylation sites is 1. The van der Waals surface area contributed by atoms with Crippen molar-refractivity contribution < 1.29 is 27.5 Å². The summed E-state index contributed by atoms with van der Waals surface area (Å²) in [6.45, 7) is -0.0318. The van der Waals surface area contributed by atoms with Crippen LogP contribution in [0.2, 0.25) is 0 Å². The van der Waals surface area contributed by atoms with E-state index < -0.39 is 12.1 Å². The molecule has 0 saturated carbocycles. The highest BCUT2D eigenvalue weighted by Crippen LogP contribution is 2.22. The Balaban J connectivity index is 1.83. The second-order valence-corrected chi connectivity index (χ2v) is 5.62. The minimum absolute atomic E-state index is 0.0159. The lowest BCUT2D eigenvalue weighted by atomic mass is 10.0. The average Bonchev–Trinajstić information content (AvgIpc) is 2.54. The van der Waals surface area contributed by atoms with Crippen LogP contribution in [0.4, 0.5) is 13.2 Å². The minimum Gasteiger partial charge on any atom is -0.496 e. The summed E-state index contributed by atoms with van der Waals surface area (Å²) in [6, 6.07) is 6.90. The Hall–Kier alpha value is -2.25. The minimum atomic E-state index is -4.85. The third kappa shape index (κ3) is 4.62. The molecule has 5 nitrogen and oxygen atoms in total. The van der Waals surface area contributed by atoms with Crippen molar-refractivity contribution in [3.05, 3.63) is 29.8 Å². The molecule has 0 spiro atoms. The number of ether oxygens (including phenoxy) is 1. The first-order chi connectivity index (χ1) is 11.3. The van der Waals surface area contributed by atoms with Crippen LogP contribution in [0.5, 0.6) is 5.75 Å². The number of methoxy groups -OCH3 is 1. The predicted molar refractivity (Wildman–Crippen MR) is 80.5 cm³/mol. The molecular weight excluding hydrogens is 325 g/mol. The maximum absolute atomic E-state index is 12.4. The molecule has 0 atom stereocenters. The van der Waals surface area contributed by atoms with Gasteiger partial charge in [-0.1, -0.05) is 18.2 Å². The van der Waals surface area contributed by atoms with Crippen LogP contribution in [0.25, 0.3) is 0 Å². The van der Waals surface area contributed by atoms with Gasteiger partial charge in [-0.05, 0) is 18.9 Å². The number of nitrogens with one attached hydrogen (secondary N) is 1. The molecule has 1 aromatic carbocycles. The van der Waals surface area contributed by atoms with Gasteiger partial charge in [-0.25, -0.2) is 0 Å². The van der Waals surface area contributed by atoms with Gasteiger partial charge in [0.25, 0.3) is 0 Å². The normalized spacial score (nSPS) is 15.9. The van der Waals surface area contributed by atoms with Crippen LogP contribution in [0.15, 0.2) is 24.3 Å². The number of likely N-dealkylation sites (tertiary alicyclic amines) is 1. The average molecular weight is 344 g/mol. The number of hydrogen-bond acceptors (Lipinski definition) is 3. The smallest absolute Gasteiger partial charge is 0.471 e. The maximum atomic E-state index is 12.4. The molecule has 1 aromatic rings. The van der Waals surface area contributed by atoms with E-state index in [-0.39, 0.29) is 31.5 Å². The van der Waals surface area contributed by atoms with Crippen molar-refractivity contribution in [1.82, 2.24) is 10.2 Å². The van der Waals surface area contributed by atoms with E-state index >= 15 is 0 Å². The number of amides is 2. The summed E-state index contributed by atoms with van der Waals surface area (Å²) in [7, 11) is 1.52. The van der Waals surface area contributed by atoms with Gasteiger partial charge in [-0.2, -0.15) is 13.2 Å². The van der Waals surface area contributed by atoms with Crippen LogP contribution in [-0.2, 0) is 16.0 Å². The molecule has 1 N–H and O–H groups in total. The fourth-order valence-corrected chi connectivity index (χ4v) is 2.71. The highest BCUT2D eigenvalue weighted by Gasteiger charge is 2.43. The summed E-state index contributed by atoms with van der Waals surface area (Å²) in [4.78, 5) is 24.0. The first-order valence-corrected chi connectivity index (χ1v) is 7.58. The van der Waals surface area contributed by atoms with E-state index in [1.165, 1.54) is 7.11 Å². The Morgan fingerprint density at radius 2 is 1.88 bits per heavy atom. The van der Waals surface area contributed by atoms with Crippen molar-refractivity contribution >= 4 is 11.8 Å². The standard InChI is InChI=1S/C16H19F3N2O3/c1-24-13-5-3-2-4-11(13)10-14(22)20-12-6-8-21(9-7-12)15(23)16(17,18)19/h2-5,12H,6-10H2,1H3,(H,20,22). The van der Waals surface area contributed by atoms with E-state index in [0.717, 1.165) is 10.5 Å². The first kappa shape index (κ1) is 18.1. The van der Waals surface area contributed by atoms with Gasteiger partial charge in [-0.15, -0.1) is 0 Å². The molecule has 0 bridgehead atoms. The summed E-state index contributed by atoms with van der Waals surface area (Å²) >= 11 is 0. The van der Waals surface area contributed by atoms with Gasteiger partial charge >= 0.3 is 12.1 Å². The van der Waals surface area contributed by atoms with E-state index in [4.69, 9.17) is 4.74 Å². The highest BCUT2D eigenvalue weighted by molar-refractivity contribution is 5.82. The lowest BCUT2D eigenvalue weighted by molar-refractivity contribution is -0.186. The quantitative estimate of drug-likeness (QED) is 0.908. The fourth-order valence-electron chi connectivity index (χ4n) is 2.71. The third-order valence-electron chi connectivity index (χ3n) is 3.93. The number of benzene rings is 1. The van der Waals surface area contributed by atoms with E-state index in [1.807, 2.05) is 0 Å². The molecule has 0 aromatic heterocycles. The molecule has 8 heteroatoms. The monoisotopic (exact) mass is 344 g/mol. The molecule has 2 rings (SSSR count). The van der Waals surface area contributed by atoms with E-state index in [0.29, 0.717) is 18.6 Å². The molecule has 0 unspecified atom stereocenters. The number of carbonyl (C=O) groups is 2. The number of carbonyl (C=O) groups excluding carboxylic acids is 2. The van der Waals surface area contributed by atoms with Crippen molar-refractivity contribution in [3.63, 3.8) is 0 Å². The van der Waals surface area contributed by atoms with Gasteiger partial charge in [0, 0.05) is 24.7 Å². The van der Waals surface area contributed by atoms with Gasteiger partial charge in [0.1, 0.15) is 5.75 Å². The predicted octanol–water partition coefficient (Wildman–Crippen LogP) is 1.91. The SMILES string of the molecule is COc1ccccc1CC(=O)NC1CCN(C(=O)C(F)(F)F)CC1. The molecule has 0 radical (unpaired) electrons. The zero-order chi connectivity index (χ0) is 17.7. The molecule has 1 aliphatic rings. The summed E-state index contributed by atoms with van der Waals surface area (Å²) < 4.78 is 42.3. The first-order valence-electron chi connectivity index (χ1n) is 7.58. The van der Waals surface area contributed by atoms with Crippen molar-refractivity contribution in [1.29, 1.82) is 0 Å². The molecule has 1 aliphatic heterocycles. The number of nitrogens with zero attached hydrogens (tertiary/aromatic N) is 1. The van der Waals surface area contributed by atoms with Crippen LogP contribution >= 0.6 is 0 Å². The van der Waals surface area contributed by atoms with Gasteiger partial charge in [-0.3, -0.25) is 9.59 Å². The third-order valence-corrected chi connectivity index (χ3v) is 3.93. The topological polar surface area (TPSA) is 58.6 Å². The summed E-state index contributed by atoms with van der Waals surface area (Å²) in [5.74, 6) is -1.43. The molecule has 1 fully saturated rings. The zero-order valence-electron chi connectivity index (χ0n) is 13.2. The Morgan fingerprint density at radius 1 is 1.25 bits per heavy atom. The number of halogens is 3. The summed E-state index contributed by atoms with van der Waals surface area (Å²) in [6.07, 6.45) is -4.11. The molecule has 24 heavy (non-hydrogen) atoms. The lowest BCUT2D eigenvalue weighted by Crippen LogP contribution is -2.50. The van der Waals surface area contributed by atoms with Gasteiger partial charge in [0.2, 0.25) is 5.91 Å². The highest BCUT2D eigenvalue weighted by atomic mass is 19.4. The van der Waals surface area contributed by atoms with E-state index in [1.54, 1.807) is 24.3 Å². The number of piperidine rings is 1. The van der Waals surface area contributed by atoms with Crippen LogP contribution in [0.1, 0.15) is 18.4 Å². The lowest BCUT2D eigenvalue weighted by Gasteiger charge is -2.32. The molecule has 1 heterocycles. The van der Waals surface area contributed by atoms with E-state index in [9.17, 15) is 22.8 Å². The Morgan fingerprint density at radius 3 is 2.46 bits per heavy atom. The van der Waals surface area contributed by atoms with Crippen LogP contribution in [-0.4, -0.2) is 49.1 Å². The van der Waals surface area contributed by atoms with E-state index in [2.05, 4.69) is 5.32 Å². The Bertz CT molecular complexity index is 596. The molecular formula is C16H19F3N2O3. The van der Waals surface area contributed by atoms with Crippen LogP contribution in [0.3, 0.4) is 0 Å². The summed E-state index contributed by atoms with van der Waals surface area (Å²) in [5.41, 5.74) is 0.738. The maximum Gasteiger partial charge on any atom is 0.471 e. The molecule has 2 amide bonds. The van der Waals surface area contributed by atoms with Crippen molar-refractivity contribution in [2.45, 2.75) is 31.5 Å². The molecule has 1 saturated heterocycles. The molecule has 132 valence electrons. The number of rotatable bonds is 4. The molecule has 0 aliphatic carbocycles. The largest absolute Gasteiger partial charge is 0.496 e. The Kier molecular flexibility index (Phi) is 5.69. The van der Waals surface area contributed by atoms with Crippen molar-refractivity contribution in [3.8, 4) is 5.75 Å². The van der Waals surface area contributed by atoms with Gasteiger partial charge in [0.15, 0.2) is 0 Å². The van der Waals surface area contributed by atoms with Crippen molar-refractivity contribution in [2.24, 2.45) is 0 Å². The van der Waals surface area contributed by atoms with Gasteiger partial charge in [0.05, 0.1) is 13.5 Å². The zero-order valence-corrected chi connectivity index (χ0v) is 13.2.